The van der Waals surface area contributed by atoms with Gasteiger partial charge in [0.05, 0.1) is 12.6 Å². The van der Waals surface area contributed by atoms with Crippen molar-refractivity contribution in [2.24, 2.45) is 17.8 Å². The molecular weight excluding hydrogens is 412 g/mol. The van der Waals surface area contributed by atoms with Gasteiger partial charge in [-0.05, 0) is 43.9 Å². The summed E-state index contributed by atoms with van der Waals surface area (Å²) in [6.45, 7) is 4.34. The number of hydrogen-bond donors (Lipinski definition) is 3. The maximum Gasteiger partial charge on any atom is 0.407 e. The van der Waals surface area contributed by atoms with Crippen LogP contribution in [-0.4, -0.2) is 55.4 Å². The molecule has 1 saturated heterocycles. The van der Waals surface area contributed by atoms with Crippen LogP contribution in [0.5, 0.6) is 0 Å². The third kappa shape index (κ3) is 8.41. The fourth-order valence-electron chi connectivity index (χ4n) is 3.96. The lowest BCUT2D eigenvalue weighted by atomic mass is 9.87. The van der Waals surface area contributed by atoms with Crippen LogP contribution >= 0.6 is 0 Å². The lowest BCUT2D eigenvalue weighted by Crippen LogP contribution is -2.51. The van der Waals surface area contributed by atoms with Gasteiger partial charge in [0.25, 0.3) is 0 Å². The molecule has 10 heteroatoms. The summed E-state index contributed by atoms with van der Waals surface area (Å²) in [6.07, 6.45) is 1.06. The average molecular weight is 446 g/mol. The Hall–Kier alpha value is -2.26. The van der Waals surface area contributed by atoms with Crippen molar-refractivity contribution >= 4 is 24.2 Å². The highest BCUT2D eigenvalue weighted by molar-refractivity contribution is 5.88. The highest BCUT2D eigenvalue weighted by Crippen LogP contribution is 2.36. The molecule has 3 unspecified atom stereocenters. The van der Waals surface area contributed by atoms with Crippen LogP contribution in [0.25, 0.3) is 0 Å². The first-order valence-corrected chi connectivity index (χ1v) is 10.9. The molecule has 0 bridgehead atoms. The zero-order chi connectivity index (χ0) is 23.0. The molecule has 2 aliphatic rings. The normalized spacial score (nSPS) is 23.0. The van der Waals surface area contributed by atoms with Crippen LogP contribution in [0.3, 0.4) is 0 Å². The molecule has 8 nitrogen and oxygen atoms in total. The van der Waals surface area contributed by atoms with Crippen molar-refractivity contribution in [3.05, 3.63) is 0 Å². The van der Waals surface area contributed by atoms with E-state index in [0.29, 0.717) is 25.7 Å². The standard InChI is InChI=1S/C21H33F2N3O5/c1-13(2)9-17(19(29)25-16(11-27)10-15-5-8-24-18(15)28)26-20(30)31-12-14-3-6-21(22,23)7-4-14/h11,13-17H,3-10,12H2,1-2H3,(H,24,28)(H,25,29)(H,26,30). The smallest absolute Gasteiger partial charge is 0.407 e. The first kappa shape index (κ1) is 25.0. The molecule has 1 heterocycles. The Balaban J connectivity index is 1.84. The van der Waals surface area contributed by atoms with Crippen LogP contribution < -0.4 is 16.0 Å². The number of carbonyl (C=O) groups is 4. The van der Waals surface area contributed by atoms with E-state index in [4.69, 9.17) is 4.74 Å². The minimum Gasteiger partial charge on any atom is -0.449 e. The summed E-state index contributed by atoms with van der Waals surface area (Å²) in [4.78, 5) is 48.0. The Morgan fingerprint density at radius 3 is 2.45 bits per heavy atom. The highest BCUT2D eigenvalue weighted by Gasteiger charge is 2.35. The summed E-state index contributed by atoms with van der Waals surface area (Å²) in [5.74, 6) is -3.69. The van der Waals surface area contributed by atoms with Gasteiger partial charge >= 0.3 is 6.09 Å². The molecule has 0 radical (unpaired) electrons. The van der Waals surface area contributed by atoms with Crippen LogP contribution in [-0.2, 0) is 19.1 Å². The summed E-state index contributed by atoms with van der Waals surface area (Å²) < 4.78 is 31.6. The Morgan fingerprint density at radius 1 is 1.23 bits per heavy atom. The predicted molar refractivity (Wildman–Crippen MR) is 108 cm³/mol. The molecule has 2 fully saturated rings. The summed E-state index contributed by atoms with van der Waals surface area (Å²) in [6, 6.07) is -1.75. The Morgan fingerprint density at radius 2 is 1.90 bits per heavy atom. The van der Waals surface area contributed by atoms with Gasteiger partial charge in [-0.1, -0.05) is 13.8 Å². The molecule has 0 aromatic heterocycles. The van der Waals surface area contributed by atoms with Crippen molar-refractivity contribution in [2.75, 3.05) is 13.2 Å². The Bertz CT molecular complexity index is 649. The van der Waals surface area contributed by atoms with E-state index in [1.807, 2.05) is 13.8 Å². The molecule has 3 N–H and O–H groups in total. The number of alkyl halides is 2. The van der Waals surface area contributed by atoms with Gasteiger partial charge in [0.2, 0.25) is 17.7 Å². The quantitative estimate of drug-likeness (QED) is 0.446. The maximum absolute atomic E-state index is 13.2. The minimum atomic E-state index is -2.65. The number of halogens is 2. The third-order valence-corrected chi connectivity index (χ3v) is 5.80. The summed E-state index contributed by atoms with van der Waals surface area (Å²) in [5.41, 5.74) is 0. The molecule has 1 aliphatic carbocycles. The maximum atomic E-state index is 13.2. The third-order valence-electron chi connectivity index (χ3n) is 5.80. The summed E-state index contributed by atoms with van der Waals surface area (Å²) in [7, 11) is 0. The average Bonchev–Trinajstić information content (AvgIpc) is 3.10. The van der Waals surface area contributed by atoms with Gasteiger partial charge < -0.3 is 25.5 Å². The monoisotopic (exact) mass is 445 g/mol. The predicted octanol–water partition coefficient (Wildman–Crippen LogP) is 2.16. The second-order valence-corrected chi connectivity index (χ2v) is 8.99. The number of alkyl carbamates (subject to hydrolysis) is 1. The molecule has 31 heavy (non-hydrogen) atoms. The number of hydrogen-bond acceptors (Lipinski definition) is 5. The van der Waals surface area contributed by atoms with Crippen molar-refractivity contribution in [3.63, 3.8) is 0 Å². The van der Waals surface area contributed by atoms with Gasteiger partial charge in [-0.2, -0.15) is 0 Å². The van der Waals surface area contributed by atoms with E-state index in [9.17, 15) is 28.0 Å². The van der Waals surface area contributed by atoms with Gasteiger partial charge in [-0.3, -0.25) is 9.59 Å². The van der Waals surface area contributed by atoms with E-state index in [0.717, 1.165) is 0 Å². The molecule has 2 rings (SSSR count). The van der Waals surface area contributed by atoms with Crippen LogP contribution in [0, 0.1) is 17.8 Å². The zero-order valence-corrected chi connectivity index (χ0v) is 18.1. The van der Waals surface area contributed by atoms with Crippen LogP contribution in [0.2, 0.25) is 0 Å². The lowest BCUT2D eigenvalue weighted by molar-refractivity contribution is -0.127. The molecule has 1 aliphatic heterocycles. The lowest BCUT2D eigenvalue weighted by Gasteiger charge is -2.28. The first-order valence-electron chi connectivity index (χ1n) is 10.9. The van der Waals surface area contributed by atoms with Crippen LogP contribution in [0.15, 0.2) is 0 Å². The van der Waals surface area contributed by atoms with Crippen molar-refractivity contribution in [1.82, 2.24) is 16.0 Å². The van der Waals surface area contributed by atoms with Crippen molar-refractivity contribution in [1.29, 1.82) is 0 Å². The topological polar surface area (TPSA) is 114 Å². The molecule has 0 aromatic carbocycles. The molecule has 176 valence electrons. The van der Waals surface area contributed by atoms with Gasteiger partial charge in [0, 0.05) is 25.3 Å². The number of carbonyl (C=O) groups excluding carboxylic acids is 4. The summed E-state index contributed by atoms with van der Waals surface area (Å²) in [5, 5.41) is 7.81. The number of ether oxygens (including phenoxy) is 1. The van der Waals surface area contributed by atoms with Crippen molar-refractivity contribution < 1.29 is 32.7 Å². The van der Waals surface area contributed by atoms with Gasteiger partial charge in [0.15, 0.2) is 0 Å². The fourth-order valence-corrected chi connectivity index (χ4v) is 3.96. The number of rotatable bonds is 10. The van der Waals surface area contributed by atoms with E-state index >= 15 is 0 Å². The largest absolute Gasteiger partial charge is 0.449 e. The zero-order valence-electron chi connectivity index (χ0n) is 18.1. The van der Waals surface area contributed by atoms with Crippen molar-refractivity contribution in [2.45, 2.75) is 76.8 Å². The van der Waals surface area contributed by atoms with Gasteiger partial charge in [-0.15, -0.1) is 0 Å². The Labute approximate surface area is 181 Å². The van der Waals surface area contributed by atoms with Crippen LogP contribution in [0.1, 0.15) is 58.8 Å². The molecule has 1 saturated carbocycles. The fraction of sp³-hybridized carbons (Fsp3) is 0.810. The van der Waals surface area contributed by atoms with E-state index in [2.05, 4.69) is 16.0 Å². The molecule has 0 spiro atoms. The molecule has 0 aromatic rings. The molecule has 3 atom stereocenters. The van der Waals surface area contributed by atoms with Gasteiger partial charge in [-0.25, -0.2) is 13.6 Å². The van der Waals surface area contributed by atoms with E-state index in [-0.39, 0.29) is 62.4 Å². The SMILES string of the molecule is CC(C)CC(NC(=O)OCC1CCC(F)(F)CC1)C(=O)NC(C=O)CC1CCNC1=O. The number of aldehydes is 1. The van der Waals surface area contributed by atoms with E-state index in [1.54, 1.807) is 0 Å². The second-order valence-electron chi connectivity index (χ2n) is 8.99. The second kappa shape index (κ2) is 11.4. The number of amides is 3. The minimum absolute atomic E-state index is 0.0195. The highest BCUT2D eigenvalue weighted by atomic mass is 19.3. The van der Waals surface area contributed by atoms with Crippen molar-refractivity contribution in [3.8, 4) is 0 Å². The van der Waals surface area contributed by atoms with E-state index < -0.39 is 30.0 Å². The first-order chi connectivity index (χ1) is 14.6. The van der Waals surface area contributed by atoms with E-state index in [1.165, 1.54) is 0 Å². The number of nitrogens with one attached hydrogen (secondary N) is 3. The van der Waals surface area contributed by atoms with Gasteiger partial charge in [0.1, 0.15) is 12.3 Å². The van der Waals surface area contributed by atoms with Crippen LogP contribution in [0.4, 0.5) is 13.6 Å². The molecular formula is C21H33F2N3O5. The summed E-state index contributed by atoms with van der Waals surface area (Å²) >= 11 is 0. The molecule has 3 amide bonds. The Kier molecular flexibility index (Phi) is 9.18.